The number of ether oxygens (including phenoxy) is 1. The van der Waals surface area contributed by atoms with Crippen LogP contribution in [0.2, 0.25) is 0 Å². The molecule has 0 bridgehead atoms. The third-order valence-electron chi connectivity index (χ3n) is 2.93. The topological polar surface area (TPSA) is 25.4 Å². The molecule has 0 aromatic carbocycles. The summed E-state index contributed by atoms with van der Waals surface area (Å²) in [5, 5.41) is 0.0804. The second-order valence-corrected chi connectivity index (χ2v) is 5.06. The van der Waals surface area contributed by atoms with Crippen molar-refractivity contribution >= 4 is 11.6 Å². The number of hydrogen-bond acceptors (Lipinski definition) is 3. The minimum atomic E-state index is 0.0804. The smallest absolute Gasteiger partial charge is 0.0888 e. The van der Waals surface area contributed by atoms with Gasteiger partial charge in [-0.05, 0) is 38.1 Å². The largest absolute Gasteiger partial charge is 0.374 e. The lowest BCUT2D eigenvalue weighted by Crippen LogP contribution is -2.29. The van der Waals surface area contributed by atoms with Crippen LogP contribution in [0, 0.1) is 0 Å². The molecule has 0 aliphatic carbocycles. The summed E-state index contributed by atoms with van der Waals surface area (Å²) in [6, 6.07) is 5.83. The van der Waals surface area contributed by atoms with Crippen molar-refractivity contribution in [3.63, 3.8) is 0 Å². The lowest BCUT2D eigenvalue weighted by atomic mass is 10.3. The molecular formula is C13H19ClN2O. The zero-order valence-electron chi connectivity index (χ0n) is 10.0. The van der Waals surface area contributed by atoms with Crippen LogP contribution in [0.1, 0.15) is 18.5 Å². The minimum Gasteiger partial charge on any atom is -0.374 e. The van der Waals surface area contributed by atoms with E-state index in [-0.39, 0.29) is 5.38 Å². The van der Waals surface area contributed by atoms with E-state index in [0.717, 1.165) is 12.2 Å². The second-order valence-electron chi connectivity index (χ2n) is 4.44. The molecule has 1 aromatic heterocycles. The van der Waals surface area contributed by atoms with Crippen molar-refractivity contribution in [2.45, 2.75) is 24.8 Å². The van der Waals surface area contributed by atoms with Gasteiger partial charge in [-0.2, -0.15) is 0 Å². The third-order valence-corrected chi connectivity index (χ3v) is 3.19. The molecule has 0 saturated carbocycles. The van der Waals surface area contributed by atoms with Gasteiger partial charge in [0.15, 0.2) is 0 Å². The van der Waals surface area contributed by atoms with E-state index in [4.69, 9.17) is 16.3 Å². The van der Waals surface area contributed by atoms with Crippen molar-refractivity contribution in [2.75, 3.05) is 26.2 Å². The highest BCUT2D eigenvalue weighted by Crippen LogP contribution is 2.10. The fourth-order valence-corrected chi connectivity index (χ4v) is 2.36. The van der Waals surface area contributed by atoms with Crippen molar-refractivity contribution in [2.24, 2.45) is 0 Å². The van der Waals surface area contributed by atoms with Crippen LogP contribution in [0.3, 0.4) is 0 Å². The lowest BCUT2D eigenvalue weighted by molar-refractivity contribution is 0.111. The van der Waals surface area contributed by atoms with Gasteiger partial charge in [0.2, 0.25) is 0 Å². The van der Waals surface area contributed by atoms with E-state index in [1.807, 2.05) is 18.2 Å². The van der Waals surface area contributed by atoms with Crippen LogP contribution in [0.5, 0.6) is 0 Å². The van der Waals surface area contributed by atoms with Crippen LogP contribution in [-0.4, -0.2) is 41.5 Å². The Balaban J connectivity index is 1.61. The molecule has 94 valence electrons. The quantitative estimate of drug-likeness (QED) is 0.729. The molecule has 0 amide bonds. The molecule has 3 nitrogen and oxygen atoms in total. The first-order valence-corrected chi connectivity index (χ1v) is 6.62. The molecule has 0 spiro atoms. The average molecular weight is 255 g/mol. The highest BCUT2D eigenvalue weighted by Gasteiger charge is 2.15. The van der Waals surface area contributed by atoms with Crippen LogP contribution in [0.25, 0.3) is 0 Å². The summed E-state index contributed by atoms with van der Waals surface area (Å²) in [5.41, 5.74) is 0.956. The van der Waals surface area contributed by atoms with Crippen LogP contribution < -0.4 is 0 Å². The van der Waals surface area contributed by atoms with E-state index in [0.29, 0.717) is 13.2 Å². The predicted molar refractivity (Wildman–Crippen MR) is 69.2 cm³/mol. The normalized spacial score (nSPS) is 18.4. The molecule has 0 N–H and O–H groups in total. The van der Waals surface area contributed by atoms with Gasteiger partial charge < -0.3 is 9.64 Å². The summed E-state index contributed by atoms with van der Waals surface area (Å²) in [6.45, 7) is 4.44. The van der Waals surface area contributed by atoms with Crippen molar-refractivity contribution in [3.8, 4) is 0 Å². The first-order chi connectivity index (χ1) is 8.34. The van der Waals surface area contributed by atoms with E-state index in [1.165, 1.54) is 25.9 Å². The maximum absolute atomic E-state index is 6.24. The molecule has 1 aliphatic heterocycles. The summed E-state index contributed by atoms with van der Waals surface area (Å²) < 4.78 is 5.57. The van der Waals surface area contributed by atoms with Gasteiger partial charge in [-0.1, -0.05) is 6.07 Å². The van der Waals surface area contributed by atoms with Gasteiger partial charge in [0.25, 0.3) is 0 Å². The van der Waals surface area contributed by atoms with Gasteiger partial charge in [0.1, 0.15) is 0 Å². The van der Waals surface area contributed by atoms with Crippen molar-refractivity contribution in [1.82, 2.24) is 9.88 Å². The van der Waals surface area contributed by atoms with Crippen LogP contribution in [-0.2, 0) is 11.3 Å². The number of pyridine rings is 1. The molecule has 2 rings (SSSR count). The first kappa shape index (κ1) is 12.8. The minimum absolute atomic E-state index is 0.0804. The second kappa shape index (κ2) is 6.94. The Labute approximate surface area is 108 Å². The zero-order valence-corrected chi connectivity index (χ0v) is 10.8. The number of alkyl halides is 1. The van der Waals surface area contributed by atoms with Crippen LogP contribution in [0.4, 0.5) is 0 Å². The van der Waals surface area contributed by atoms with Gasteiger partial charge in [-0.15, -0.1) is 11.6 Å². The predicted octanol–water partition coefficient (Wildman–Crippen LogP) is 2.30. The van der Waals surface area contributed by atoms with Gasteiger partial charge in [-0.25, -0.2) is 0 Å². The molecule has 1 saturated heterocycles. The Kier molecular flexibility index (Phi) is 5.23. The van der Waals surface area contributed by atoms with Gasteiger partial charge in [0, 0.05) is 12.7 Å². The maximum Gasteiger partial charge on any atom is 0.0888 e. The number of rotatable bonds is 6. The number of nitrogens with zero attached hydrogens (tertiary/aromatic N) is 2. The molecule has 0 radical (unpaired) electrons. The fraction of sp³-hybridized carbons (Fsp3) is 0.615. The number of hydrogen-bond donors (Lipinski definition) is 0. The van der Waals surface area contributed by atoms with Gasteiger partial charge in [0.05, 0.1) is 24.3 Å². The summed E-state index contributed by atoms with van der Waals surface area (Å²) in [4.78, 5) is 6.60. The van der Waals surface area contributed by atoms with E-state index in [1.54, 1.807) is 6.20 Å². The third kappa shape index (κ3) is 4.62. The Hall–Kier alpha value is -0.640. The SMILES string of the molecule is ClC(COCc1ccccn1)CN1CCCC1. The van der Waals surface area contributed by atoms with E-state index in [9.17, 15) is 0 Å². The fourth-order valence-electron chi connectivity index (χ4n) is 2.07. The molecule has 1 fully saturated rings. The molecular weight excluding hydrogens is 236 g/mol. The molecule has 17 heavy (non-hydrogen) atoms. The summed E-state index contributed by atoms with van der Waals surface area (Å²) >= 11 is 6.24. The Bertz CT molecular complexity index is 314. The maximum atomic E-state index is 6.24. The van der Waals surface area contributed by atoms with Crippen molar-refractivity contribution < 1.29 is 4.74 Å². The Morgan fingerprint density at radius 2 is 2.18 bits per heavy atom. The summed E-state index contributed by atoms with van der Waals surface area (Å²) in [6.07, 6.45) is 4.39. The molecule has 1 aromatic rings. The molecule has 1 unspecified atom stereocenters. The van der Waals surface area contributed by atoms with E-state index >= 15 is 0 Å². The highest BCUT2D eigenvalue weighted by molar-refractivity contribution is 6.20. The van der Waals surface area contributed by atoms with Crippen molar-refractivity contribution in [1.29, 1.82) is 0 Å². The van der Waals surface area contributed by atoms with Crippen molar-refractivity contribution in [3.05, 3.63) is 30.1 Å². The summed E-state index contributed by atoms with van der Waals surface area (Å²) in [7, 11) is 0. The first-order valence-electron chi connectivity index (χ1n) is 6.18. The van der Waals surface area contributed by atoms with Crippen LogP contribution in [0.15, 0.2) is 24.4 Å². The number of likely N-dealkylation sites (tertiary alicyclic amines) is 1. The van der Waals surface area contributed by atoms with Gasteiger partial charge >= 0.3 is 0 Å². The summed E-state index contributed by atoms with van der Waals surface area (Å²) in [5.74, 6) is 0. The monoisotopic (exact) mass is 254 g/mol. The van der Waals surface area contributed by atoms with E-state index in [2.05, 4.69) is 9.88 Å². The number of aromatic nitrogens is 1. The van der Waals surface area contributed by atoms with E-state index < -0.39 is 0 Å². The Morgan fingerprint density at radius 1 is 1.35 bits per heavy atom. The van der Waals surface area contributed by atoms with Gasteiger partial charge in [-0.3, -0.25) is 4.98 Å². The number of halogens is 1. The zero-order chi connectivity index (χ0) is 11.9. The average Bonchev–Trinajstić information content (AvgIpc) is 2.83. The molecule has 4 heteroatoms. The van der Waals surface area contributed by atoms with Crippen LogP contribution >= 0.6 is 11.6 Å². The Morgan fingerprint density at radius 3 is 2.88 bits per heavy atom. The molecule has 2 heterocycles. The molecule has 1 aliphatic rings. The standard InChI is InChI=1S/C13H19ClN2O/c14-12(9-16-7-3-4-8-16)10-17-11-13-5-1-2-6-15-13/h1-2,5-6,12H,3-4,7-11H2. The molecule has 1 atom stereocenters. The lowest BCUT2D eigenvalue weighted by Gasteiger charge is -2.18. The highest BCUT2D eigenvalue weighted by atomic mass is 35.5.